The van der Waals surface area contributed by atoms with Gasteiger partial charge in [0.15, 0.2) is 0 Å². The second kappa shape index (κ2) is 7.19. The van der Waals surface area contributed by atoms with Gasteiger partial charge in [0.1, 0.15) is 0 Å². The quantitative estimate of drug-likeness (QED) is 0.849. The van der Waals surface area contributed by atoms with Gasteiger partial charge in [-0.25, -0.2) is 4.79 Å². The summed E-state index contributed by atoms with van der Waals surface area (Å²) in [6, 6.07) is 10.7. The zero-order valence-electron chi connectivity index (χ0n) is 14.8. The van der Waals surface area contributed by atoms with Crippen molar-refractivity contribution in [2.45, 2.75) is 19.4 Å². The lowest BCUT2D eigenvalue weighted by molar-refractivity contribution is -0.123. The highest BCUT2D eigenvalue weighted by molar-refractivity contribution is 6.30. The van der Waals surface area contributed by atoms with Crippen LogP contribution in [0.15, 0.2) is 48.8 Å². The minimum atomic E-state index is -0.129. The lowest BCUT2D eigenvalue weighted by atomic mass is 10.0. The van der Waals surface area contributed by atoms with Crippen LogP contribution in [-0.4, -0.2) is 34.9 Å². The number of amides is 3. The Morgan fingerprint density at radius 1 is 1.26 bits per heavy atom. The molecule has 2 aromatic rings. The molecule has 6 nitrogen and oxygen atoms in total. The van der Waals surface area contributed by atoms with E-state index in [1.807, 2.05) is 12.1 Å². The first-order valence-corrected chi connectivity index (χ1v) is 9.42. The molecule has 2 fully saturated rings. The fourth-order valence-corrected chi connectivity index (χ4v) is 3.92. The molecule has 2 aliphatic rings. The number of nitrogens with zero attached hydrogens (tertiary/aromatic N) is 2. The van der Waals surface area contributed by atoms with Crippen LogP contribution in [0, 0.1) is 11.3 Å². The normalized spacial score (nSPS) is 23.3. The summed E-state index contributed by atoms with van der Waals surface area (Å²) in [5.74, 6) is 0.0568. The average molecular weight is 385 g/mol. The molecule has 1 aromatic carbocycles. The fourth-order valence-electron chi connectivity index (χ4n) is 3.79. The third-order valence-electron chi connectivity index (χ3n) is 5.46. The van der Waals surface area contributed by atoms with Gasteiger partial charge in [-0.15, -0.1) is 0 Å². The van der Waals surface area contributed by atoms with Crippen LogP contribution >= 0.6 is 11.6 Å². The first-order valence-electron chi connectivity index (χ1n) is 9.04. The molecule has 1 aliphatic carbocycles. The van der Waals surface area contributed by atoms with Crippen LogP contribution in [0.4, 0.5) is 10.5 Å². The van der Waals surface area contributed by atoms with Gasteiger partial charge in [0, 0.05) is 54.1 Å². The van der Waals surface area contributed by atoms with Gasteiger partial charge in [0.2, 0.25) is 5.91 Å². The number of rotatable bonds is 4. The third kappa shape index (κ3) is 3.90. The van der Waals surface area contributed by atoms with Gasteiger partial charge in [-0.2, -0.15) is 0 Å². The molecule has 1 spiro atoms. The van der Waals surface area contributed by atoms with Gasteiger partial charge in [-0.3, -0.25) is 9.78 Å². The molecule has 0 radical (unpaired) electrons. The molecule has 1 saturated carbocycles. The van der Waals surface area contributed by atoms with Crippen molar-refractivity contribution in [2.75, 3.05) is 18.4 Å². The Labute approximate surface area is 162 Å². The fraction of sp³-hybridized carbons (Fsp3) is 0.350. The van der Waals surface area contributed by atoms with Crippen molar-refractivity contribution < 1.29 is 9.59 Å². The van der Waals surface area contributed by atoms with Gasteiger partial charge in [-0.1, -0.05) is 17.7 Å². The van der Waals surface area contributed by atoms with Crippen LogP contribution in [0.1, 0.15) is 18.4 Å². The molecule has 27 heavy (non-hydrogen) atoms. The van der Waals surface area contributed by atoms with E-state index < -0.39 is 0 Å². The van der Waals surface area contributed by atoms with Crippen LogP contribution < -0.4 is 10.6 Å². The van der Waals surface area contributed by atoms with Gasteiger partial charge >= 0.3 is 6.03 Å². The van der Waals surface area contributed by atoms with Gasteiger partial charge < -0.3 is 15.5 Å². The van der Waals surface area contributed by atoms with Crippen LogP contribution in [0.25, 0.3) is 0 Å². The summed E-state index contributed by atoms with van der Waals surface area (Å²) in [4.78, 5) is 30.8. The Morgan fingerprint density at radius 3 is 2.81 bits per heavy atom. The number of carbonyl (C=O) groups is 2. The number of urea groups is 1. The Morgan fingerprint density at radius 2 is 2.07 bits per heavy atom. The maximum absolute atomic E-state index is 12.5. The van der Waals surface area contributed by atoms with E-state index >= 15 is 0 Å². The highest BCUT2D eigenvalue weighted by Gasteiger charge is 2.61. The summed E-state index contributed by atoms with van der Waals surface area (Å²) >= 11 is 5.87. The maximum Gasteiger partial charge on any atom is 0.321 e. The van der Waals surface area contributed by atoms with Crippen molar-refractivity contribution in [1.82, 2.24) is 15.2 Å². The summed E-state index contributed by atoms with van der Waals surface area (Å²) in [7, 11) is 0. The number of anilines is 1. The predicted octanol–water partition coefficient (Wildman–Crippen LogP) is 3.30. The van der Waals surface area contributed by atoms with Gasteiger partial charge in [-0.05, 0) is 48.7 Å². The first-order chi connectivity index (χ1) is 13.1. The first kappa shape index (κ1) is 17.8. The van der Waals surface area contributed by atoms with Crippen LogP contribution in [-0.2, 0) is 11.3 Å². The van der Waals surface area contributed by atoms with Crippen LogP contribution in [0.3, 0.4) is 0 Å². The molecule has 7 heteroatoms. The van der Waals surface area contributed by atoms with Crippen molar-refractivity contribution in [1.29, 1.82) is 0 Å². The minimum Gasteiger partial charge on any atom is -0.352 e. The van der Waals surface area contributed by atoms with E-state index in [-0.39, 0.29) is 23.3 Å². The lowest BCUT2D eigenvalue weighted by Gasteiger charge is -2.17. The summed E-state index contributed by atoms with van der Waals surface area (Å²) < 4.78 is 0. The second-order valence-electron chi connectivity index (χ2n) is 7.31. The van der Waals surface area contributed by atoms with E-state index in [2.05, 4.69) is 15.6 Å². The highest BCUT2D eigenvalue weighted by atomic mass is 35.5. The second-order valence-corrected chi connectivity index (χ2v) is 7.74. The van der Waals surface area contributed by atoms with E-state index in [0.717, 1.165) is 18.4 Å². The van der Waals surface area contributed by atoms with E-state index in [0.29, 0.717) is 30.3 Å². The Kier molecular flexibility index (Phi) is 4.74. The van der Waals surface area contributed by atoms with Crippen LogP contribution in [0.5, 0.6) is 0 Å². The number of hydrogen-bond acceptors (Lipinski definition) is 3. The largest absolute Gasteiger partial charge is 0.352 e. The molecule has 140 valence electrons. The van der Waals surface area contributed by atoms with Crippen molar-refractivity contribution in [3.63, 3.8) is 0 Å². The topological polar surface area (TPSA) is 74.3 Å². The molecule has 1 saturated heterocycles. The number of pyridine rings is 1. The molecule has 4 rings (SSSR count). The number of likely N-dealkylation sites (tertiary alicyclic amines) is 1. The molecule has 1 aromatic heterocycles. The number of halogens is 1. The number of nitrogens with one attached hydrogen (secondary N) is 2. The van der Waals surface area contributed by atoms with Crippen molar-refractivity contribution >= 4 is 29.2 Å². The standard InChI is InChI=1S/C20H21ClN4O2/c21-15-3-5-16(6-4-15)24-19(27)25-9-7-20(13-25)10-17(20)18(26)23-12-14-2-1-8-22-11-14/h1-6,8,11,17H,7,9-10,12-13H2,(H,23,26)(H,24,27)/t17-,20-/m1/s1. The number of benzene rings is 1. The SMILES string of the molecule is O=C(NCc1cccnc1)[C@H]1C[C@@]12CCN(C(=O)Nc1ccc(Cl)cc1)C2. The molecule has 0 bridgehead atoms. The van der Waals surface area contributed by atoms with Crippen LogP contribution in [0.2, 0.25) is 5.02 Å². The molecule has 2 N–H and O–H groups in total. The van der Waals surface area contributed by atoms with E-state index in [4.69, 9.17) is 11.6 Å². The smallest absolute Gasteiger partial charge is 0.321 e. The molecule has 3 amide bonds. The van der Waals surface area contributed by atoms with E-state index in [9.17, 15) is 9.59 Å². The third-order valence-corrected chi connectivity index (χ3v) is 5.72. The van der Waals surface area contributed by atoms with Gasteiger partial charge in [0.05, 0.1) is 0 Å². The molecular weight excluding hydrogens is 364 g/mol. The Bertz CT molecular complexity index is 843. The summed E-state index contributed by atoms with van der Waals surface area (Å²) in [6.07, 6.45) is 5.17. The minimum absolute atomic E-state index is 0.0116. The number of aromatic nitrogens is 1. The molecular formula is C20H21ClN4O2. The molecule has 1 aliphatic heterocycles. The molecule has 2 heterocycles. The summed E-state index contributed by atoms with van der Waals surface area (Å²) in [5.41, 5.74) is 1.64. The van der Waals surface area contributed by atoms with Crippen molar-refractivity contribution in [3.8, 4) is 0 Å². The maximum atomic E-state index is 12.5. The average Bonchev–Trinajstić information content (AvgIpc) is 3.22. The zero-order valence-corrected chi connectivity index (χ0v) is 15.6. The van der Waals surface area contributed by atoms with E-state index in [1.165, 1.54) is 0 Å². The lowest BCUT2D eigenvalue weighted by Crippen LogP contribution is -2.34. The van der Waals surface area contributed by atoms with E-state index in [1.54, 1.807) is 41.6 Å². The molecule has 0 unspecified atom stereocenters. The number of carbonyl (C=O) groups excluding carboxylic acids is 2. The Balaban J connectivity index is 1.28. The van der Waals surface area contributed by atoms with Gasteiger partial charge in [0.25, 0.3) is 0 Å². The van der Waals surface area contributed by atoms with Crippen molar-refractivity contribution in [2.24, 2.45) is 11.3 Å². The molecule has 2 atom stereocenters. The zero-order chi connectivity index (χ0) is 18.9. The monoisotopic (exact) mass is 384 g/mol. The highest BCUT2D eigenvalue weighted by Crippen LogP contribution is 2.58. The Hall–Kier alpha value is -2.60. The predicted molar refractivity (Wildman–Crippen MR) is 103 cm³/mol. The summed E-state index contributed by atoms with van der Waals surface area (Å²) in [5, 5.41) is 6.51. The van der Waals surface area contributed by atoms with Crippen molar-refractivity contribution in [3.05, 3.63) is 59.4 Å². The number of hydrogen-bond donors (Lipinski definition) is 2. The summed E-state index contributed by atoms with van der Waals surface area (Å²) in [6.45, 7) is 1.78.